The minimum Gasteiger partial charge on any atom is -0.494 e. The average molecular weight is 277 g/mol. The molecule has 2 aromatic rings. The van der Waals surface area contributed by atoms with E-state index in [1.807, 2.05) is 13.8 Å². The van der Waals surface area contributed by atoms with E-state index in [0.717, 1.165) is 16.8 Å². The van der Waals surface area contributed by atoms with Crippen molar-refractivity contribution < 1.29 is 13.5 Å². The smallest absolute Gasteiger partial charge is 0.165 e. The predicted octanol–water partition coefficient (Wildman–Crippen LogP) is 4.45. The monoisotopic (exact) mass is 277 g/mol. The Balaban J connectivity index is 2.19. The molecule has 0 fully saturated rings. The lowest BCUT2D eigenvalue weighted by Gasteiger charge is -2.18. The van der Waals surface area contributed by atoms with Gasteiger partial charge in [0.05, 0.1) is 7.11 Å². The van der Waals surface area contributed by atoms with Gasteiger partial charge in [-0.15, -0.1) is 0 Å². The molecule has 0 heterocycles. The zero-order chi connectivity index (χ0) is 14.7. The SMILES string of the molecule is COc1ccc(C(C)Nc2ccc(F)cc2C)cc1F. The number of ether oxygens (including phenoxy) is 1. The van der Waals surface area contributed by atoms with Crippen molar-refractivity contribution in [1.29, 1.82) is 0 Å². The van der Waals surface area contributed by atoms with E-state index >= 15 is 0 Å². The van der Waals surface area contributed by atoms with Crippen molar-refractivity contribution in [3.05, 3.63) is 59.2 Å². The van der Waals surface area contributed by atoms with Gasteiger partial charge in [0, 0.05) is 11.7 Å². The number of hydrogen-bond donors (Lipinski definition) is 1. The first-order valence-corrected chi connectivity index (χ1v) is 6.37. The van der Waals surface area contributed by atoms with Crippen LogP contribution in [0.3, 0.4) is 0 Å². The highest BCUT2D eigenvalue weighted by atomic mass is 19.1. The van der Waals surface area contributed by atoms with Crippen LogP contribution in [0.1, 0.15) is 24.1 Å². The fraction of sp³-hybridized carbons (Fsp3) is 0.250. The summed E-state index contributed by atoms with van der Waals surface area (Å²) in [5, 5.41) is 3.24. The van der Waals surface area contributed by atoms with Gasteiger partial charge in [0.25, 0.3) is 0 Å². The van der Waals surface area contributed by atoms with Crippen LogP contribution in [0.15, 0.2) is 36.4 Å². The van der Waals surface area contributed by atoms with Gasteiger partial charge in [0.1, 0.15) is 5.82 Å². The van der Waals surface area contributed by atoms with Crippen molar-refractivity contribution in [3.8, 4) is 5.75 Å². The average Bonchev–Trinajstić information content (AvgIpc) is 2.41. The van der Waals surface area contributed by atoms with Crippen molar-refractivity contribution in [3.63, 3.8) is 0 Å². The second-order valence-corrected chi connectivity index (χ2v) is 4.72. The van der Waals surface area contributed by atoms with Gasteiger partial charge in [-0.25, -0.2) is 8.78 Å². The number of methoxy groups -OCH3 is 1. The molecular formula is C16H17F2NO. The van der Waals surface area contributed by atoms with Gasteiger partial charge < -0.3 is 10.1 Å². The van der Waals surface area contributed by atoms with Crippen LogP contribution in [0, 0.1) is 18.6 Å². The highest BCUT2D eigenvalue weighted by molar-refractivity contribution is 5.52. The van der Waals surface area contributed by atoms with Crippen LogP contribution < -0.4 is 10.1 Å². The predicted molar refractivity (Wildman–Crippen MR) is 76.1 cm³/mol. The minimum atomic E-state index is -0.394. The first kappa shape index (κ1) is 14.3. The second kappa shape index (κ2) is 5.90. The molecule has 2 aromatic carbocycles. The van der Waals surface area contributed by atoms with Gasteiger partial charge in [-0.1, -0.05) is 6.07 Å². The molecule has 4 heteroatoms. The van der Waals surface area contributed by atoms with Crippen LogP contribution in [-0.2, 0) is 0 Å². The third-order valence-electron chi connectivity index (χ3n) is 3.24. The van der Waals surface area contributed by atoms with Gasteiger partial charge in [-0.2, -0.15) is 0 Å². The zero-order valence-corrected chi connectivity index (χ0v) is 11.7. The van der Waals surface area contributed by atoms with Gasteiger partial charge in [0.2, 0.25) is 0 Å². The molecule has 1 N–H and O–H groups in total. The minimum absolute atomic E-state index is 0.0976. The van der Waals surface area contributed by atoms with Crippen LogP contribution in [-0.4, -0.2) is 7.11 Å². The maximum absolute atomic E-state index is 13.7. The molecule has 1 atom stereocenters. The molecule has 0 aliphatic carbocycles. The number of halogens is 2. The largest absolute Gasteiger partial charge is 0.494 e. The summed E-state index contributed by atoms with van der Waals surface area (Å²) in [6.45, 7) is 3.75. The van der Waals surface area contributed by atoms with Crippen LogP contribution in [0.4, 0.5) is 14.5 Å². The molecule has 0 saturated carbocycles. The number of aryl methyl sites for hydroxylation is 1. The van der Waals surface area contributed by atoms with Crippen molar-refractivity contribution in [2.45, 2.75) is 19.9 Å². The molecule has 0 aliphatic rings. The molecule has 0 saturated heterocycles. The molecule has 0 aliphatic heterocycles. The zero-order valence-electron chi connectivity index (χ0n) is 11.7. The van der Waals surface area contributed by atoms with Crippen molar-refractivity contribution in [1.82, 2.24) is 0 Å². The Hall–Kier alpha value is -2.10. The highest BCUT2D eigenvalue weighted by Crippen LogP contribution is 2.26. The third-order valence-corrected chi connectivity index (χ3v) is 3.24. The van der Waals surface area contributed by atoms with E-state index in [2.05, 4.69) is 5.32 Å². The number of anilines is 1. The number of rotatable bonds is 4. The van der Waals surface area contributed by atoms with Gasteiger partial charge in [-0.05, 0) is 55.3 Å². The summed E-state index contributed by atoms with van der Waals surface area (Å²) < 4.78 is 31.6. The Morgan fingerprint density at radius 1 is 1.10 bits per heavy atom. The summed E-state index contributed by atoms with van der Waals surface area (Å²) in [5.74, 6) is -0.440. The molecule has 2 rings (SSSR count). The molecule has 106 valence electrons. The molecule has 0 bridgehead atoms. The Bertz CT molecular complexity index is 613. The van der Waals surface area contributed by atoms with E-state index in [0.29, 0.717) is 0 Å². The number of benzene rings is 2. The molecule has 1 unspecified atom stereocenters. The quantitative estimate of drug-likeness (QED) is 0.891. The van der Waals surface area contributed by atoms with Gasteiger partial charge >= 0.3 is 0 Å². The molecule has 0 radical (unpaired) electrons. The maximum atomic E-state index is 13.7. The molecule has 2 nitrogen and oxygen atoms in total. The summed E-state index contributed by atoms with van der Waals surface area (Å²) in [6.07, 6.45) is 0. The Labute approximate surface area is 117 Å². The first-order valence-electron chi connectivity index (χ1n) is 6.37. The lowest BCUT2D eigenvalue weighted by molar-refractivity contribution is 0.386. The maximum Gasteiger partial charge on any atom is 0.165 e. The van der Waals surface area contributed by atoms with E-state index in [1.54, 1.807) is 18.2 Å². The lowest BCUT2D eigenvalue weighted by Crippen LogP contribution is -2.08. The Kier molecular flexibility index (Phi) is 4.23. The van der Waals surface area contributed by atoms with Crippen LogP contribution in [0.25, 0.3) is 0 Å². The van der Waals surface area contributed by atoms with E-state index in [4.69, 9.17) is 4.74 Å². The van der Waals surface area contributed by atoms with E-state index < -0.39 is 5.82 Å². The summed E-state index contributed by atoms with van der Waals surface area (Å²) in [7, 11) is 1.43. The fourth-order valence-corrected chi connectivity index (χ4v) is 2.06. The second-order valence-electron chi connectivity index (χ2n) is 4.72. The van der Waals surface area contributed by atoms with Crippen molar-refractivity contribution in [2.75, 3.05) is 12.4 Å². The molecule has 0 aromatic heterocycles. The number of hydrogen-bond acceptors (Lipinski definition) is 2. The topological polar surface area (TPSA) is 21.3 Å². The molecular weight excluding hydrogens is 260 g/mol. The first-order chi connectivity index (χ1) is 9.51. The van der Waals surface area contributed by atoms with Gasteiger partial charge in [-0.3, -0.25) is 0 Å². The summed E-state index contributed by atoms with van der Waals surface area (Å²) in [6, 6.07) is 9.29. The van der Waals surface area contributed by atoms with Gasteiger partial charge in [0.15, 0.2) is 11.6 Å². The standard InChI is InChI=1S/C16H17F2NO/c1-10-8-13(17)5-6-15(10)19-11(2)12-4-7-16(20-3)14(18)9-12/h4-9,11,19H,1-3H3. The lowest BCUT2D eigenvalue weighted by atomic mass is 10.1. The molecule has 0 amide bonds. The molecule has 0 spiro atoms. The Morgan fingerprint density at radius 3 is 2.45 bits per heavy atom. The molecule has 20 heavy (non-hydrogen) atoms. The van der Waals surface area contributed by atoms with Crippen LogP contribution >= 0.6 is 0 Å². The van der Waals surface area contributed by atoms with E-state index in [9.17, 15) is 8.78 Å². The van der Waals surface area contributed by atoms with Crippen LogP contribution in [0.5, 0.6) is 5.75 Å². The highest BCUT2D eigenvalue weighted by Gasteiger charge is 2.10. The van der Waals surface area contributed by atoms with Crippen molar-refractivity contribution >= 4 is 5.69 Å². The summed E-state index contributed by atoms with van der Waals surface area (Å²) in [5.41, 5.74) is 2.44. The third kappa shape index (κ3) is 3.07. The Morgan fingerprint density at radius 2 is 1.85 bits per heavy atom. The normalized spacial score (nSPS) is 12.1. The van der Waals surface area contributed by atoms with Crippen LogP contribution in [0.2, 0.25) is 0 Å². The van der Waals surface area contributed by atoms with E-state index in [-0.39, 0.29) is 17.6 Å². The van der Waals surface area contributed by atoms with Crippen molar-refractivity contribution in [2.24, 2.45) is 0 Å². The fourth-order valence-electron chi connectivity index (χ4n) is 2.06. The summed E-state index contributed by atoms with van der Waals surface area (Å²) >= 11 is 0. The number of nitrogens with one attached hydrogen (secondary N) is 1. The summed E-state index contributed by atoms with van der Waals surface area (Å²) in [4.78, 5) is 0. The van der Waals surface area contributed by atoms with E-state index in [1.165, 1.54) is 25.3 Å².